The molecule has 0 atom stereocenters. The summed E-state index contributed by atoms with van der Waals surface area (Å²) in [5, 5.41) is 7.61. The van der Waals surface area contributed by atoms with Crippen molar-refractivity contribution in [3.8, 4) is 0 Å². The van der Waals surface area contributed by atoms with Crippen molar-refractivity contribution in [2.75, 3.05) is 5.43 Å². The van der Waals surface area contributed by atoms with Crippen LogP contribution in [0.2, 0.25) is 0 Å². The number of anilines is 1. The molecule has 1 aromatic carbocycles. The van der Waals surface area contributed by atoms with Gasteiger partial charge in [0.25, 0.3) is 5.91 Å². The zero-order valence-electron chi connectivity index (χ0n) is 17.5. The van der Waals surface area contributed by atoms with E-state index in [-0.39, 0.29) is 11.3 Å². The maximum atomic E-state index is 12.8. The first-order valence-corrected chi connectivity index (χ1v) is 10.1. The van der Waals surface area contributed by atoms with E-state index >= 15 is 0 Å². The van der Waals surface area contributed by atoms with Crippen molar-refractivity contribution in [3.05, 3.63) is 83.1 Å². The molecule has 1 amide bonds. The maximum absolute atomic E-state index is 12.8. The molecule has 4 rings (SSSR count). The fourth-order valence-electron chi connectivity index (χ4n) is 3.84. The molecule has 0 saturated heterocycles. The van der Waals surface area contributed by atoms with Gasteiger partial charge in [-0.05, 0) is 42.5 Å². The number of amides is 1. The number of hydrogen-bond donors (Lipinski definition) is 2. The minimum absolute atomic E-state index is 0.00203. The smallest absolute Gasteiger partial charge is 0.287 e. The number of carbonyl (C=O) groups excluding carboxylic acids is 1. The molecular weight excluding hydrogens is 376 g/mol. The summed E-state index contributed by atoms with van der Waals surface area (Å²) in [6.45, 7) is 6.71. The summed E-state index contributed by atoms with van der Waals surface area (Å²) < 4.78 is 6.07. The van der Waals surface area contributed by atoms with E-state index in [0.717, 1.165) is 46.7 Å². The van der Waals surface area contributed by atoms with E-state index in [0.29, 0.717) is 12.3 Å². The molecule has 0 bridgehead atoms. The van der Waals surface area contributed by atoms with E-state index in [1.165, 1.54) is 0 Å². The largest absolute Gasteiger partial charge is 0.455 e. The first-order valence-electron chi connectivity index (χ1n) is 10.1. The fourth-order valence-corrected chi connectivity index (χ4v) is 3.84. The lowest BCUT2D eigenvalue weighted by atomic mass is 9.75. The van der Waals surface area contributed by atoms with Gasteiger partial charge >= 0.3 is 0 Å². The van der Waals surface area contributed by atoms with Crippen molar-refractivity contribution in [3.63, 3.8) is 0 Å². The summed E-state index contributed by atoms with van der Waals surface area (Å²) in [5.41, 5.74) is 7.70. The van der Waals surface area contributed by atoms with Crippen LogP contribution in [0.3, 0.4) is 0 Å². The van der Waals surface area contributed by atoms with Crippen molar-refractivity contribution >= 4 is 17.3 Å². The summed E-state index contributed by atoms with van der Waals surface area (Å²) in [6, 6.07) is 13.6. The monoisotopic (exact) mass is 402 g/mol. The molecule has 6 heteroatoms. The van der Waals surface area contributed by atoms with Gasteiger partial charge < -0.3 is 9.73 Å². The molecule has 0 spiro atoms. The van der Waals surface area contributed by atoms with Crippen molar-refractivity contribution < 1.29 is 9.21 Å². The molecule has 0 aliphatic heterocycles. The van der Waals surface area contributed by atoms with E-state index in [1.54, 1.807) is 12.4 Å². The predicted molar refractivity (Wildman–Crippen MR) is 118 cm³/mol. The second kappa shape index (κ2) is 8.14. The summed E-state index contributed by atoms with van der Waals surface area (Å²) in [5.74, 6) is 0.955. The highest BCUT2D eigenvalue weighted by atomic mass is 16.4. The van der Waals surface area contributed by atoms with E-state index in [1.807, 2.05) is 49.4 Å². The van der Waals surface area contributed by atoms with Crippen LogP contribution in [0.15, 0.2) is 64.4 Å². The Bertz CT molecular complexity index is 1070. The summed E-state index contributed by atoms with van der Waals surface area (Å²) in [4.78, 5) is 16.9. The van der Waals surface area contributed by atoms with Gasteiger partial charge in [0.15, 0.2) is 5.76 Å². The molecule has 3 aromatic rings. The first kappa shape index (κ1) is 19.9. The Kier molecular flexibility index (Phi) is 5.40. The maximum Gasteiger partial charge on any atom is 0.287 e. The number of pyridine rings is 1. The molecule has 154 valence electrons. The SMILES string of the molecule is Cc1c(C(=O)NCc2cccnc2)oc2c1/C(=N\Nc1ccccc1)CC(C)(C)C2. The average Bonchev–Trinajstić information content (AvgIpc) is 3.07. The van der Waals surface area contributed by atoms with Crippen LogP contribution in [0.5, 0.6) is 0 Å². The normalized spacial score (nSPS) is 16.2. The molecule has 6 nitrogen and oxygen atoms in total. The van der Waals surface area contributed by atoms with Gasteiger partial charge in [0.1, 0.15) is 5.76 Å². The van der Waals surface area contributed by atoms with Gasteiger partial charge in [-0.25, -0.2) is 0 Å². The highest BCUT2D eigenvalue weighted by Crippen LogP contribution is 2.39. The first-order chi connectivity index (χ1) is 14.4. The standard InChI is InChI=1S/C24H26N4O2/c1-16-21-19(28-27-18-9-5-4-6-10-18)12-24(2,3)13-20(21)30-22(16)23(29)26-15-17-8-7-11-25-14-17/h4-11,14,27H,12-13,15H2,1-3H3,(H,26,29)/b28-19-. The van der Waals surface area contributed by atoms with Gasteiger partial charge in [0.2, 0.25) is 0 Å². The number of nitrogens with one attached hydrogen (secondary N) is 2. The van der Waals surface area contributed by atoms with Crippen LogP contribution < -0.4 is 10.7 Å². The molecule has 0 unspecified atom stereocenters. The second-order valence-corrected chi connectivity index (χ2v) is 8.45. The molecule has 2 heterocycles. The zero-order valence-corrected chi connectivity index (χ0v) is 17.5. The van der Waals surface area contributed by atoms with Crippen molar-refractivity contribution in [2.24, 2.45) is 10.5 Å². The fraction of sp³-hybridized carbons (Fsp3) is 0.292. The van der Waals surface area contributed by atoms with Crippen LogP contribution in [0.4, 0.5) is 5.69 Å². The summed E-state index contributed by atoms with van der Waals surface area (Å²) >= 11 is 0. The van der Waals surface area contributed by atoms with E-state index < -0.39 is 0 Å². The van der Waals surface area contributed by atoms with E-state index in [2.05, 4.69) is 34.7 Å². The number of aromatic nitrogens is 1. The lowest BCUT2D eigenvalue weighted by Gasteiger charge is -2.29. The molecule has 2 aromatic heterocycles. The number of para-hydroxylation sites is 1. The molecule has 0 radical (unpaired) electrons. The molecule has 30 heavy (non-hydrogen) atoms. The molecule has 1 aliphatic rings. The third kappa shape index (κ3) is 4.27. The Morgan fingerprint density at radius 3 is 2.70 bits per heavy atom. The third-order valence-corrected chi connectivity index (χ3v) is 5.27. The Morgan fingerprint density at radius 2 is 1.97 bits per heavy atom. The summed E-state index contributed by atoms with van der Waals surface area (Å²) in [7, 11) is 0. The van der Waals surface area contributed by atoms with E-state index in [4.69, 9.17) is 4.42 Å². The highest BCUT2D eigenvalue weighted by molar-refractivity contribution is 6.07. The van der Waals surface area contributed by atoms with Crippen LogP contribution in [0, 0.1) is 12.3 Å². The third-order valence-electron chi connectivity index (χ3n) is 5.27. The minimum Gasteiger partial charge on any atom is -0.455 e. The predicted octanol–water partition coefficient (Wildman–Crippen LogP) is 4.70. The Balaban J connectivity index is 1.60. The molecular formula is C24H26N4O2. The quantitative estimate of drug-likeness (QED) is 0.606. The number of carbonyl (C=O) groups is 1. The number of furan rings is 1. The van der Waals surface area contributed by atoms with Gasteiger partial charge in [-0.2, -0.15) is 5.10 Å². The van der Waals surface area contributed by atoms with Gasteiger partial charge in [-0.1, -0.05) is 38.1 Å². The van der Waals surface area contributed by atoms with Gasteiger partial charge in [0, 0.05) is 36.5 Å². The number of rotatable bonds is 5. The van der Waals surface area contributed by atoms with Crippen molar-refractivity contribution in [1.82, 2.24) is 10.3 Å². The highest BCUT2D eigenvalue weighted by Gasteiger charge is 2.36. The van der Waals surface area contributed by atoms with Crippen LogP contribution in [-0.2, 0) is 13.0 Å². The van der Waals surface area contributed by atoms with Gasteiger partial charge in [0.05, 0.1) is 11.4 Å². The molecule has 0 saturated carbocycles. The number of benzene rings is 1. The van der Waals surface area contributed by atoms with Crippen LogP contribution in [0.25, 0.3) is 0 Å². The summed E-state index contributed by atoms with van der Waals surface area (Å²) in [6.07, 6.45) is 5.02. The van der Waals surface area contributed by atoms with Crippen LogP contribution in [0.1, 0.15) is 53.3 Å². The Hall–Kier alpha value is -3.41. The van der Waals surface area contributed by atoms with Gasteiger partial charge in [-0.3, -0.25) is 15.2 Å². The number of hydrogen-bond acceptors (Lipinski definition) is 5. The second-order valence-electron chi connectivity index (χ2n) is 8.45. The van der Waals surface area contributed by atoms with Gasteiger partial charge in [-0.15, -0.1) is 0 Å². The molecule has 1 aliphatic carbocycles. The topological polar surface area (TPSA) is 79.5 Å². The Morgan fingerprint density at radius 1 is 1.17 bits per heavy atom. The Labute approximate surface area is 176 Å². The number of hydrazone groups is 1. The zero-order chi connectivity index (χ0) is 21.1. The number of fused-ring (bicyclic) bond motifs is 1. The number of nitrogens with zero attached hydrogens (tertiary/aromatic N) is 2. The van der Waals surface area contributed by atoms with Crippen molar-refractivity contribution in [1.29, 1.82) is 0 Å². The average molecular weight is 402 g/mol. The van der Waals surface area contributed by atoms with Crippen molar-refractivity contribution in [2.45, 2.75) is 40.2 Å². The van der Waals surface area contributed by atoms with Crippen LogP contribution in [-0.4, -0.2) is 16.6 Å². The lowest BCUT2D eigenvalue weighted by molar-refractivity contribution is 0.0919. The molecule has 2 N–H and O–H groups in total. The van der Waals surface area contributed by atoms with Crippen LogP contribution >= 0.6 is 0 Å². The minimum atomic E-state index is -0.223. The lowest BCUT2D eigenvalue weighted by Crippen LogP contribution is -2.27. The van der Waals surface area contributed by atoms with E-state index in [9.17, 15) is 4.79 Å². The molecule has 0 fully saturated rings.